The third kappa shape index (κ3) is 6.66. The van der Waals surface area contributed by atoms with Crippen molar-refractivity contribution in [3.63, 3.8) is 0 Å². The molecule has 0 aromatic carbocycles. The summed E-state index contributed by atoms with van der Waals surface area (Å²) >= 11 is 1.66. The second-order valence-corrected chi connectivity index (χ2v) is 3.45. The molecule has 0 heterocycles. The first-order chi connectivity index (χ1) is 5.20. The van der Waals surface area contributed by atoms with Crippen LogP contribution in [0.4, 0.5) is 0 Å². The summed E-state index contributed by atoms with van der Waals surface area (Å²) in [7, 11) is 0. The van der Waals surface area contributed by atoms with E-state index in [2.05, 4.69) is 25.5 Å². The summed E-state index contributed by atoms with van der Waals surface area (Å²) in [5.41, 5.74) is 0. The molecule has 0 aliphatic rings. The lowest BCUT2D eigenvalue weighted by atomic mass is 10.2. The Hall–Kier alpha value is 0.270. The number of nitrogens with one attached hydrogen (secondary N) is 1. The van der Waals surface area contributed by atoms with Crippen LogP contribution in [0.2, 0.25) is 0 Å². The maximum Gasteiger partial charge on any atom is 0.0631 e. The highest BCUT2D eigenvalue weighted by molar-refractivity contribution is 7.96. The van der Waals surface area contributed by atoms with E-state index in [9.17, 15) is 0 Å². The molecule has 0 saturated carbocycles. The standard InChI is InChI=1S/C8H19NOS/c1-5-8(9-11-4)6-10-7(2)3/h7-9H,5-6H2,1-4H3. The first kappa shape index (κ1) is 11.3. The quantitative estimate of drug-likeness (QED) is 0.627. The third-order valence-electron chi connectivity index (χ3n) is 1.41. The van der Waals surface area contributed by atoms with E-state index in [4.69, 9.17) is 4.74 Å². The lowest BCUT2D eigenvalue weighted by Gasteiger charge is -2.16. The van der Waals surface area contributed by atoms with Gasteiger partial charge >= 0.3 is 0 Å². The van der Waals surface area contributed by atoms with Gasteiger partial charge in [0, 0.05) is 6.04 Å². The molecule has 0 radical (unpaired) electrons. The zero-order valence-corrected chi connectivity index (χ0v) is 8.70. The Kier molecular flexibility index (Phi) is 7.12. The maximum atomic E-state index is 5.47. The van der Waals surface area contributed by atoms with Gasteiger partial charge in [-0.1, -0.05) is 18.9 Å². The van der Waals surface area contributed by atoms with Crippen LogP contribution in [-0.2, 0) is 4.74 Å². The summed E-state index contributed by atoms with van der Waals surface area (Å²) in [6.07, 6.45) is 3.50. The fourth-order valence-corrected chi connectivity index (χ4v) is 1.28. The molecule has 0 aliphatic heterocycles. The van der Waals surface area contributed by atoms with Crippen molar-refractivity contribution in [3.8, 4) is 0 Å². The van der Waals surface area contributed by atoms with Gasteiger partial charge in [0.15, 0.2) is 0 Å². The van der Waals surface area contributed by atoms with Crippen molar-refractivity contribution in [1.82, 2.24) is 4.72 Å². The molecule has 11 heavy (non-hydrogen) atoms. The molecule has 0 fully saturated rings. The first-order valence-corrected chi connectivity index (χ1v) is 5.33. The Balaban J connectivity index is 3.35. The Morgan fingerprint density at radius 3 is 2.45 bits per heavy atom. The van der Waals surface area contributed by atoms with Gasteiger partial charge in [0.25, 0.3) is 0 Å². The van der Waals surface area contributed by atoms with Crippen LogP contribution < -0.4 is 4.72 Å². The van der Waals surface area contributed by atoms with Gasteiger partial charge in [0.1, 0.15) is 0 Å². The van der Waals surface area contributed by atoms with Gasteiger partial charge < -0.3 is 4.74 Å². The Morgan fingerprint density at radius 2 is 2.09 bits per heavy atom. The number of hydrogen-bond acceptors (Lipinski definition) is 3. The van der Waals surface area contributed by atoms with Crippen LogP contribution >= 0.6 is 11.9 Å². The van der Waals surface area contributed by atoms with E-state index in [0.29, 0.717) is 12.1 Å². The van der Waals surface area contributed by atoms with E-state index in [-0.39, 0.29) is 0 Å². The smallest absolute Gasteiger partial charge is 0.0631 e. The van der Waals surface area contributed by atoms with Crippen LogP contribution in [0.3, 0.4) is 0 Å². The van der Waals surface area contributed by atoms with Crippen LogP contribution in [0.25, 0.3) is 0 Å². The average Bonchev–Trinajstić information content (AvgIpc) is 1.97. The second kappa shape index (κ2) is 6.95. The van der Waals surface area contributed by atoms with E-state index in [0.717, 1.165) is 13.0 Å². The van der Waals surface area contributed by atoms with Gasteiger partial charge in [0.2, 0.25) is 0 Å². The highest BCUT2D eigenvalue weighted by atomic mass is 32.2. The van der Waals surface area contributed by atoms with Crippen LogP contribution in [0.15, 0.2) is 0 Å². The van der Waals surface area contributed by atoms with Crippen LogP contribution in [-0.4, -0.2) is 25.0 Å². The summed E-state index contributed by atoms with van der Waals surface area (Å²) in [6, 6.07) is 0.493. The zero-order chi connectivity index (χ0) is 8.69. The molecule has 0 bridgehead atoms. The van der Waals surface area contributed by atoms with Crippen LogP contribution in [0.1, 0.15) is 27.2 Å². The first-order valence-electron chi connectivity index (χ1n) is 4.10. The van der Waals surface area contributed by atoms with Crippen molar-refractivity contribution in [2.45, 2.75) is 39.3 Å². The molecule has 0 rings (SSSR count). The minimum atomic E-state index is 0.340. The van der Waals surface area contributed by atoms with Gasteiger partial charge in [-0.3, -0.25) is 4.72 Å². The van der Waals surface area contributed by atoms with Crippen molar-refractivity contribution in [1.29, 1.82) is 0 Å². The minimum Gasteiger partial charge on any atom is -0.377 e. The van der Waals surface area contributed by atoms with E-state index in [1.54, 1.807) is 11.9 Å². The van der Waals surface area contributed by atoms with E-state index >= 15 is 0 Å². The summed E-state index contributed by atoms with van der Waals surface area (Å²) in [5, 5.41) is 0. The summed E-state index contributed by atoms with van der Waals surface area (Å²) in [6.45, 7) is 7.10. The molecular formula is C8H19NOS. The predicted octanol–water partition coefficient (Wildman–Crippen LogP) is 2.06. The van der Waals surface area contributed by atoms with Crippen molar-refractivity contribution < 1.29 is 4.74 Å². The van der Waals surface area contributed by atoms with Crippen LogP contribution in [0.5, 0.6) is 0 Å². The maximum absolute atomic E-state index is 5.47. The molecule has 0 spiro atoms. The average molecular weight is 177 g/mol. The molecule has 68 valence electrons. The fraction of sp³-hybridized carbons (Fsp3) is 1.00. The molecule has 1 unspecified atom stereocenters. The van der Waals surface area contributed by atoms with Gasteiger partial charge in [0.05, 0.1) is 12.7 Å². The molecule has 3 heteroatoms. The topological polar surface area (TPSA) is 21.3 Å². The fourth-order valence-electron chi connectivity index (χ4n) is 0.710. The largest absolute Gasteiger partial charge is 0.377 e. The summed E-state index contributed by atoms with van der Waals surface area (Å²) < 4.78 is 8.75. The van der Waals surface area contributed by atoms with E-state index in [1.807, 2.05) is 6.26 Å². The number of rotatable bonds is 6. The molecule has 1 N–H and O–H groups in total. The second-order valence-electron chi connectivity index (χ2n) is 2.81. The monoisotopic (exact) mass is 177 g/mol. The lowest BCUT2D eigenvalue weighted by molar-refractivity contribution is 0.0653. The zero-order valence-electron chi connectivity index (χ0n) is 7.89. The van der Waals surface area contributed by atoms with Crippen LogP contribution in [0, 0.1) is 0 Å². The molecule has 0 aromatic heterocycles. The number of hydrogen-bond donors (Lipinski definition) is 1. The molecular weight excluding hydrogens is 158 g/mol. The highest BCUT2D eigenvalue weighted by Crippen LogP contribution is 1.99. The molecule has 2 nitrogen and oxygen atoms in total. The molecule has 0 amide bonds. The lowest BCUT2D eigenvalue weighted by Crippen LogP contribution is -2.28. The highest BCUT2D eigenvalue weighted by Gasteiger charge is 2.04. The van der Waals surface area contributed by atoms with Gasteiger partial charge in [-0.2, -0.15) is 0 Å². The predicted molar refractivity (Wildman–Crippen MR) is 51.8 cm³/mol. The number of ether oxygens (including phenoxy) is 1. The van der Waals surface area contributed by atoms with Gasteiger partial charge in [-0.25, -0.2) is 0 Å². The normalized spacial score (nSPS) is 13.9. The minimum absolute atomic E-state index is 0.340. The Morgan fingerprint density at radius 1 is 1.45 bits per heavy atom. The van der Waals surface area contributed by atoms with Crippen molar-refractivity contribution >= 4 is 11.9 Å². The van der Waals surface area contributed by atoms with E-state index in [1.165, 1.54) is 0 Å². The molecule has 1 atom stereocenters. The Bertz CT molecular complexity index is 88.2. The van der Waals surface area contributed by atoms with E-state index < -0.39 is 0 Å². The molecule has 0 aromatic rings. The van der Waals surface area contributed by atoms with Crippen molar-refractivity contribution in [2.24, 2.45) is 0 Å². The molecule has 0 saturated heterocycles. The Labute approximate surface area is 74.2 Å². The van der Waals surface area contributed by atoms with Gasteiger partial charge in [-0.15, -0.1) is 0 Å². The van der Waals surface area contributed by atoms with Crippen molar-refractivity contribution in [3.05, 3.63) is 0 Å². The van der Waals surface area contributed by atoms with Gasteiger partial charge in [-0.05, 0) is 26.5 Å². The molecule has 0 aliphatic carbocycles. The summed E-state index contributed by atoms with van der Waals surface area (Å²) in [4.78, 5) is 0. The summed E-state index contributed by atoms with van der Waals surface area (Å²) in [5.74, 6) is 0. The third-order valence-corrected chi connectivity index (χ3v) is 1.98. The van der Waals surface area contributed by atoms with Crippen molar-refractivity contribution in [2.75, 3.05) is 12.9 Å². The SMILES string of the molecule is CCC(COC(C)C)NSC.